The van der Waals surface area contributed by atoms with Crippen LogP contribution in [0.1, 0.15) is 51.7 Å². The number of hydrogen-bond acceptors (Lipinski definition) is 4. The largest absolute Gasteiger partial charge is 0.456 e. The molecule has 63 heavy (non-hydrogen) atoms. The van der Waals surface area contributed by atoms with Gasteiger partial charge in [-0.3, -0.25) is 4.57 Å². The van der Waals surface area contributed by atoms with Crippen molar-refractivity contribution >= 4 is 76.3 Å². The van der Waals surface area contributed by atoms with Crippen LogP contribution in [0.25, 0.3) is 111 Å². The van der Waals surface area contributed by atoms with Gasteiger partial charge in [0.25, 0.3) is 0 Å². The molecule has 0 unspecified atom stereocenters. The molecule has 0 saturated carbocycles. The van der Waals surface area contributed by atoms with Gasteiger partial charge in [-0.1, -0.05) is 143 Å². The van der Waals surface area contributed by atoms with E-state index in [1.165, 1.54) is 32.7 Å². The predicted octanol–water partition coefficient (Wildman–Crippen LogP) is 14.8. The first-order valence-electron chi connectivity index (χ1n) is 22.0. The van der Waals surface area contributed by atoms with Crippen LogP contribution in [0.3, 0.4) is 0 Å². The predicted molar refractivity (Wildman–Crippen MR) is 259 cm³/mol. The summed E-state index contributed by atoms with van der Waals surface area (Å²) in [5, 5.41) is 9.04. The Kier molecular flexibility index (Phi) is 7.44. The van der Waals surface area contributed by atoms with Crippen LogP contribution in [0.15, 0.2) is 168 Å². The van der Waals surface area contributed by atoms with Gasteiger partial charge in [-0.25, -0.2) is 4.98 Å². The van der Waals surface area contributed by atoms with E-state index in [9.17, 15) is 0 Å². The molecule has 0 N–H and O–H groups in total. The summed E-state index contributed by atoms with van der Waals surface area (Å²) in [6.45, 7) is 9.62. The normalized spacial score (nSPS) is 14.8. The third-order valence-corrected chi connectivity index (χ3v) is 14.0. The van der Waals surface area contributed by atoms with E-state index in [1.807, 2.05) is 24.3 Å². The van der Waals surface area contributed by atoms with Gasteiger partial charge in [0.2, 0.25) is 5.95 Å². The lowest BCUT2D eigenvalue weighted by Crippen LogP contribution is -2.33. The fourth-order valence-electron chi connectivity index (χ4n) is 10.7. The van der Waals surface area contributed by atoms with Crippen LogP contribution in [-0.4, -0.2) is 24.1 Å². The molecule has 1 aliphatic carbocycles. The van der Waals surface area contributed by atoms with Gasteiger partial charge < -0.3 is 8.98 Å². The van der Waals surface area contributed by atoms with E-state index < -0.39 is 0 Å². The number of benzene rings is 8. The third kappa shape index (κ3) is 5.27. The Morgan fingerprint density at radius 3 is 1.94 bits per heavy atom. The van der Waals surface area contributed by atoms with Crippen LogP contribution in [0.5, 0.6) is 0 Å². The molecular formula is C57H43N5O. The molecule has 6 heteroatoms. The lowest BCUT2D eigenvalue weighted by Gasteiger charge is -2.42. The molecule has 0 bridgehead atoms. The molecule has 0 atom stereocenters. The topological polar surface area (TPSA) is 61.7 Å². The van der Waals surface area contributed by atoms with Crippen molar-refractivity contribution in [1.29, 1.82) is 0 Å². The van der Waals surface area contributed by atoms with Crippen LogP contribution in [0, 0.1) is 0 Å². The summed E-state index contributed by atoms with van der Waals surface area (Å²) in [6.07, 6.45) is 2.24. The van der Waals surface area contributed by atoms with Gasteiger partial charge in [0.05, 0.1) is 22.1 Å². The van der Waals surface area contributed by atoms with E-state index >= 15 is 0 Å². The highest BCUT2D eigenvalue weighted by atomic mass is 16.3. The van der Waals surface area contributed by atoms with Crippen LogP contribution in [-0.2, 0) is 10.8 Å². The minimum atomic E-state index is -0.0207. The second-order valence-electron chi connectivity index (χ2n) is 18.7. The van der Waals surface area contributed by atoms with Gasteiger partial charge in [0.1, 0.15) is 11.2 Å². The van der Waals surface area contributed by atoms with Gasteiger partial charge in [-0.05, 0) is 94.1 Å². The fraction of sp³-hybridized carbons (Fsp3) is 0.140. The van der Waals surface area contributed by atoms with E-state index in [0.717, 1.165) is 84.4 Å². The van der Waals surface area contributed by atoms with Crippen molar-refractivity contribution in [2.45, 2.75) is 51.4 Å². The number of hydrogen-bond donors (Lipinski definition) is 0. The van der Waals surface area contributed by atoms with Crippen LogP contribution >= 0.6 is 0 Å². The number of para-hydroxylation sites is 3. The Hall–Kier alpha value is -7.57. The highest BCUT2D eigenvalue weighted by Gasteiger charge is 2.38. The highest BCUT2D eigenvalue weighted by molar-refractivity contribution is 6.24. The zero-order chi connectivity index (χ0) is 42.2. The summed E-state index contributed by atoms with van der Waals surface area (Å²) < 4.78 is 11.2. The molecule has 302 valence electrons. The molecular weight excluding hydrogens is 771 g/mol. The first kappa shape index (κ1) is 36.1. The Morgan fingerprint density at radius 2 is 1.11 bits per heavy atom. The molecule has 8 aromatic carbocycles. The second-order valence-corrected chi connectivity index (χ2v) is 18.7. The van der Waals surface area contributed by atoms with E-state index in [4.69, 9.17) is 19.4 Å². The van der Waals surface area contributed by atoms with Crippen molar-refractivity contribution in [1.82, 2.24) is 24.1 Å². The number of fused-ring (bicyclic) bond motifs is 12. The summed E-state index contributed by atoms with van der Waals surface area (Å²) in [6, 6.07) is 58.5. The Morgan fingerprint density at radius 1 is 0.460 bits per heavy atom. The van der Waals surface area contributed by atoms with Gasteiger partial charge in [-0.2, -0.15) is 9.97 Å². The van der Waals surface area contributed by atoms with Crippen LogP contribution < -0.4 is 0 Å². The van der Waals surface area contributed by atoms with E-state index in [0.29, 0.717) is 17.6 Å². The SMILES string of the molecule is CC1(C)CCC(C)(C)c2cc3c(cc21)c1ccc2c4ccccc4n(-c4ccccc4)c2c1n3-c1nc(-c2ccc3ccccc3c2)nc(-c2cccc3oc4ccccc4c23)n1. The maximum atomic E-state index is 6.44. The van der Waals surface area contributed by atoms with E-state index in [1.54, 1.807) is 0 Å². The van der Waals surface area contributed by atoms with Gasteiger partial charge in [-0.15, -0.1) is 0 Å². The standard InChI is InChI=1S/C57H43N5O/c1-56(2)29-30-57(3,4)45-33-47-43(32-44(45)56)40-28-27-39-38-19-10-12-22-46(38)61(37-17-6-5-7-18-37)51(39)52(40)62(47)55-59-53(36-26-25-34-15-8-9-16-35(34)31-36)58-54(60-55)42-21-14-24-49-50(42)41-20-11-13-23-48(41)63-49/h5-28,31-33H,29-30H2,1-4H3. The minimum absolute atomic E-state index is 0.0200. The van der Waals surface area contributed by atoms with Crippen molar-refractivity contribution < 1.29 is 4.42 Å². The summed E-state index contributed by atoms with van der Waals surface area (Å²) >= 11 is 0. The maximum absolute atomic E-state index is 6.44. The van der Waals surface area contributed by atoms with Gasteiger partial charge in [0, 0.05) is 49.1 Å². The Balaban J connectivity index is 1.22. The van der Waals surface area contributed by atoms with Crippen LogP contribution in [0.2, 0.25) is 0 Å². The quantitative estimate of drug-likeness (QED) is 0.178. The molecule has 6 nitrogen and oxygen atoms in total. The number of nitrogens with zero attached hydrogens (tertiary/aromatic N) is 5. The lowest BCUT2D eigenvalue weighted by atomic mass is 9.63. The lowest BCUT2D eigenvalue weighted by molar-refractivity contribution is 0.332. The van der Waals surface area contributed by atoms with Crippen molar-refractivity contribution in [2.24, 2.45) is 0 Å². The molecule has 4 heterocycles. The number of aromatic nitrogens is 5. The average molecular weight is 814 g/mol. The molecule has 0 amide bonds. The van der Waals surface area contributed by atoms with Gasteiger partial charge >= 0.3 is 0 Å². The molecule has 0 aliphatic heterocycles. The summed E-state index contributed by atoms with van der Waals surface area (Å²) in [5.74, 6) is 1.76. The average Bonchev–Trinajstić information content (AvgIpc) is 3.98. The zero-order valence-corrected chi connectivity index (χ0v) is 35.6. The fourth-order valence-corrected chi connectivity index (χ4v) is 10.7. The molecule has 4 aromatic heterocycles. The summed E-state index contributed by atoms with van der Waals surface area (Å²) in [4.78, 5) is 16.5. The molecule has 0 spiro atoms. The molecule has 0 saturated heterocycles. The Labute approximate surface area is 364 Å². The smallest absolute Gasteiger partial charge is 0.238 e. The summed E-state index contributed by atoms with van der Waals surface area (Å²) in [7, 11) is 0. The first-order chi connectivity index (χ1) is 30.7. The number of furan rings is 1. The van der Waals surface area contributed by atoms with Crippen molar-refractivity contribution in [2.75, 3.05) is 0 Å². The van der Waals surface area contributed by atoms with Crippen molar-refractivity contribution in [3.63, 3.8) is 0 Å². The van der Waals surface area contributed by atoms with Crippen LogP contribution in [0.4, 0.5) is 0 Å². The van der Waals surface area contributed by atoms with E-state index in [2.05, 4.69) is 176 Å². The first-order valence-corrected chi connectivity index (χ1v) is 22.0. The second kappa shape index (κ2) is 13.0. The zero-order valence-electron chi connectivity index (χ0n) is 35.6. The molecule has 0 radical (unpaired) electrons. The third-order valence-electron chi connectivity index (χ3n) is 14.0. The Bertz CT molecular complexity index is 3870. The van der Waals surface area contributed by atoms with E-state index in [-0.39, 0.29) is 10.8 Å². The molecule has 1 aliphatic rings. The van der Waals surface area contributed by atoms with Crippen molar-refractivity contribution in [3.8, 4) is 34.4 Å². The highest BCUT2D eigenvalue weighted by Crippen LogP contribution is 2.50. The maximum Gasteiger partial charge on any atom is 0.238 e. The number of rotatable bonds is 4. The molecule has 13 rings (SSSR count). The van der Waals surface area contributed by atoms with Crippen molar-refractivity contribution in [3.05, 3.63) is 175 Å². The molecule has 12 aromatic rings. The van der Waals surface area contributed by atoms with Gasteiger partial charge in [0.15, 0.2) is 11.6 Å². The monoisotopic (exact) mass is 813 g/mol. The summed E-state index contributed by atoms with van der Waals surface area (Å²) in [5.41, 5.74) is 11.8. The molecule has 0 fully saturated rings. The minimum Gasteiger partial charge on any atom is -0.456 e.